The van der Waals surface area contributed by atoms with Gasteiger partial charge in [-0.05, 0) is 48.1 Å². The molecule has 2 N–H and O–H groups in total. The number of aromatic amines is 1. The Balaban J connectivity index is 0.00000112. The van der Waals surface area contributed by atoms with Gasteiger partial charge < -0.3 is 10.3 Å². The standard InChI is InChI=1S/C22H19N3O.2H2/c26-22-18-7-6-15(10-16(18)8-9-23-22)20-13-25-21-19(20)11-17(12-24-21)14-4-2-1-3-5-14;;/h2,4-7,10-13H,1,3,8-9H2,(H,23,26)(H,24,25);2*1H. The number of allylic oxidation sites excluding steroid dienone is 4. The molecule has 0 saturated heterocycles. The van der Waals surface area contributed by atoms with Crippen LogP contribution in [0.3, 0.4) is 0 Å². The van der Waals surface area contributed by atoms with Gasteiger partial charge in [-0.15, -0.1) is 0 Å². The maximum Gasteiger partial charge on any atom is 0.251 e. The molecule has 0 fully saturated rings. The largest absolute Gasteiger partial charge is 0.352 e. The summed E-state index contributed by atoms with van der Waals surface area (Å²) in [6, 6.07) is 8.31. The molecule has 2 aliphatic rings. The number of fused-ring (bicyclic) bond motifs is 2. The second-order valence-electron chi connectivity index (χ2n) is 6.84. The number of hydrogen-bond donors (Lipinski definition) is 2. The van der Waals surface area contributed by atoms with Gasteiger partial charge in [-0.1, -0.05) is 30.4 Å². The molecule has 1 aromatic carbocycles. The summed E-state index contributed by atoms with van der Waals surface area (Å²) in [5.41, 5.74) is 7.42. The van der Waals surface area contributed by atoms with Crippen molar-refractivity contribution in [2.45, 2.75) is 19.3 Å². The minimum atomic E-state index is 0. The summed E-state index contributed by atoms with van der Waals surface area (Å²) in [4.78, 5) is 19.9. The molecule has 0 spiro atoms. The molecule has 0 bridgehead atoms. The topological polar surface area (TPSA) is 57.8 Å². The Morgan fingerprint density at radius 1 is 1.08 bits per heavy atom. The van der Waals surface area contributed by atoms with Gasteiger partial charge in [-0.25, -0.2) is 4.98 Å². The number of carbonyl (C=O) groups is 1. The van der Waals surface area contributed by atoms with E-state index in [9.17, 15) is 4.79 Å². The summed E-state index contributed by atoms with van der Waals surface area (Å²) >= 11 is 0. The van der Waals surface area contributed by atoms with Crippen molar-refractivity contribution in [3.05, 3.63) is 71.6 Å². The first-order valence-corrected chi connectivity index (χ1v) is 9.05. The summed E-state index contributed by atoms with van der Waals surface area (Å²) < 4.78 is 0. The zero-order chi connectivity index (χ0) is 17.5. The van der Waals surface area contributed by atoms with Crippen molar-refractivity contribution in [1.82, 2.24) is 15.3 Å². The lowest BCUT2D eigenvalue weighted by atomic mass is 9.94. The van der Waals surface area contributed by atoms with Crippen LogP contribution in [0.5, 0.6) is 0 Å². The molecule has 1 amide bonds. The second-order valence-corrected chi connectivity index (χ2v) is 6.84. The van der Waals surface area contributed by atoms with E-state index in [0.29, 0.717) is 6.54 Å². The van der Waals surface area contributed by atoms with E-state index in [1.165, 1.54) is 5.57 Å². The van der Waals surface area contributed by atoms with Gasteiger partial charge in [0.2, 0.25) is 0 Å². The van der Waals surface area contributed by atoms with Crippen molar-refractivity contribution in [2.75, 3.05) is 6.54 Å². The van der Waals surface area contributed by atoms with Gasteiger partial charge in [-0.2, -0.15) is 0 Å². The Labute approximate surface area is 154 Å². The number of benzene rings is 1. The van der Waals surface area contributed by atoms with E-state index in [0.717, 1.165) is 58.1 Å². The summed E-state index contributed by atoms with van der Waals surface area (Å²) in [5, 5.41) is 4.01. The van der Waals surface area contributed by atoms with Gasteiger partial charge in [0.05, 0.1) is 0 Å². The zero-order valence-corrected chi connectivity index (χ0v) is 14.4. The fourth-order valence-electron chi connectivity index (χ4n) is 3.82. The summed E-state index contributed by atoms with van der Waals surface area (Å²) in [6.45, 7) is 0.704. The molecule has 2 aromatic heterocycles. The average Bonchev–Trinajstić information content (AvgIpc) is 3.12. The van der Waals surface area contributed by atoms with Crippen LogP contribution in [0.2, 0.25) is 0 Å². The third kappa shape index (κ3) is 2.46. The van der Waals surface area contributed by atoms with E-state index in [-0.39, 0.29) is 8.76 Å². The minimum absolute atomic E-state index is 0. The van der Waals surface area contributed by atoms with Gasteiger partial charge in [0.15, 0.2) is 0 Å². The van der Waals surface area contributed by atoms with E-state index >= 15 is 0 Å². The maximum atomic E-state index is 12.0. The molecule has 4 nitrogen and oxygen atoms in total. The van der Waals surface area contributed by atoms with Crippen LogP contribution in [0.25, 0.3) is 27.7 Å². The third-order valence-electron chi connectivity index (χ3n) is 5.20. The molecule has 1 aliphatic heterocycles. The molecule has 0 unspecified atom stereocenters. The third-order valence-corrected chi connectivity index (χ3v) is 5.20. The Kier molecular flexibility index (Phi) is 3.49. The van der Waals surface area contributed by atoms with Gasteiger partial charge in [0.1, 0.15) is 5.65 Å². The molecule has 3 aromatic rings. The minimum Gasteiger partial charge on any atom is -0.352 e. The van der Waals surface area contributed by atoms with E-state index in [1.54, 1.807) is 0 Å². The molecule has 0 radical (unpaired) electrons. The lowest BCUT2D eigenvalue weighted by molar-refractivity contribution is 0.0946. The first kappa shape index (κ1) is 15.1. The number of amides is 1. The van der Waals surface area contributed by atoms with Crippen molar-refractivity contribution >= 4 is 22.5 Å². The Morgan fingerprint density at radius 2 is 2.04 bits per heavy atom. The van der Waals surface area contributed by atoms with Gasteiger partial charge in [0, 0.05) is 43.9 Å². The molecule has 1 aliphatic carbocycles. The quantitative estimate of drug-likeness (QED) is 0.705. The Hall–Kier alpha value is -3.14. The van der Waals surface area contributed by atoms with Crippen molar-refractivity contribution in [2.24, 2.45) is 0 Å². The van der Waals surface area contributed by atoms with Crippen LogP contribution >= 0.6 is 0 Å². The number of rotatable bonds is 2. The fourth-order valence-corrected chi connectivity index (χ4v) is 3.82. The molecule has 26 heavy (non-hydrogen) atoms. The average molecular weight is 345 g/mol. The van der Waals surface area contributed by atoms with Crippen LogP contribution in [0, 0.1) is 0 Å². The van der Waals surface area contributed by atoms with Gasteiger partial charge >= 0.3 is 0 Å². The highest BCUT2D eigenvalue weighted by Crippen LogP contribution is 2.32. The van der Waals surface area contributed by atoms with Gasteiger partial charge in [-0.3, -0.25) is 4.79 Å². The smallest absolute Gasteiger partial charge is 0.251 e. The van der Waals surface area contributed by atoms with Crippen LogP contribution < -0.4 is 5.32 Å². The zero-order valence-electron chi connectivity index (χ0n) is 14.4. The lowest BCUT2D eigenvalue weighted by Crippen LogP contribution is -2.31. The highest BCUT2D eigenvalue weighted by molar-refractivity contribution is 5.99. The first-order chi connectivity index (χ1) is 12.8. The van der Waals surface area contributed by atoms with E-state index in [1.807, 2.05) is 24.5 Å². The molecule has 5 rings (SSSR count). The number of carbonyl (C=O) groups excluding carboxylic acids is 1. The number of nitrogens with one attached hydrogen (secondary N) is 2. The van der Waals surface area contributed by atoms with E-state index in [4.69, 9.17) is 0 Å². The number of pyridine rings is 1. The maximum absolute atomic E-state index is 12.0. The second kappa shape index (κ2) is 5.99. The van der Waals surface area contributed by atoms with Crippen LogP contribution in [0.15, 0.2) is 54.9 Å². The monoisotopic (exact) mass is 345 g/mol. The number of H-pyrrole nitrogens is 1. The molecular weight excluding hydrogens is 322 g/mol. The predicted molar refractivity (Wildman–Crippen MR) is 108 cm³/mol. The normalized spacial score (nSPS) is 16.3. The fraction of sp³-hybridized carbons (Fsp3) is 0.182. The highest BCUT2D eigenvalue weighted by atomic mass is 16.1. The highest BCUT2D eigenvalue weighted by Gasteiger charge is 2.18. The number of aromatic nitrogens is 2. The van der Waals surface area contributed by atoms with E-state index in [2.05, 4.69) is 45.6 Å². The molecule has 132 valence electrons. The van der Waals surface area contributed by atoms with Crippen molar-refractivity contribution in [3.63, 3.8) is 0 Å². The molecular formula is C22H23N3O. The summed E-state index contributed by atoms with van der Waals surface area (Å²) in [7, 11) is 0. The molecule has 4 heteroatoms. The van der Waals surface area contributed by atoms with E-state index < -0.39 is 0 Å². The lowest BCUT2D eigenvalue weighted by Gasteiger charge is -2.17. The molecule has 0 atom stereocenters. The first-order valence-electron chi connectivity index (χ1n) is 9.05. The molecule has 0 saturated carbocycles. The van der Waals surface area contributed by atoms with Crippen LogP contribution in [-0.2, 0) is 6.42 Å². The van der Waals surface area contributed by atoms with Crippen molar-refractivity contribution in [1.29, 1.82) is 0 Å². The SMILES string of the molecule is O=C1NCCc2cc(-c3c[nH]c4ncc(C5=CCCC=C5)cc34)ccc21.[HH].[HH]. The molecule has 3 heterocycles. The number of nitrogens with zero attached hydrogens (tertiary/aromatic N) is 1. The van der Waals surface area contributed by atoms with Crippen LogP contribution in [0.1, 0.15) is 37.2 Å². The van der Waals surface area contributed by atoms with Crippen molar-refractivity contribution in [3.8, 4) is 11.1 Å². The Bertz CT molecular complexity index is 1100. The van der Waals surface area contributed by atoms with Crippen molar-refractivity contribution < 1.29 is 7.65 Å². The number of hydrogen-bond acceptors (Lipinski definition) is 2. The Morgan fingerprint density at radius 3 is 2.92 bits per heavy atom. The van der Waals surface area contributed by atoms with Crippen LogP contribution in [0.4, 0.5) is 0 Å². The van der Waals surface area contributed by atoms with Crippen LogP contribution in [-0.4, -0.2) is 22.4 Å². The van der Waals surface area contributed by atoms with Gasteiger partial charge in [0.25, 0.3) is 5.91 Å². The summed E-state index contributed by atoms with van der Waals surface area (Å²) in [6.07, 6.45) is 13.7. The summed E-state index contributed by atoms with van der Waals surface area (Å²) in [5.74, 6) is 0.0247. The predicted octanol–water partition coefficient (Wildman–Crippen LogP) is 4.74.